The monoisotopic (exact) mass is 592 g/mol. The molecule has 39 heavy (non-hydrogen) atoms. The van der Waals surface area contributed by atoms with E-state index < -0.39 is 6.36 Å². The molecule has 200 valence electrons. The smallest absolute Gasteiger partial charge is 0.493 e. The zero-order valence-corrected chi connectivity index (χ0v) is 21.9. The summed E-state index contributed by atoms with van der Waals surface area (Å²) in [4.78, 5) is 12.9. The van der Waals surface area contributed by atoms with Gasteiger partial charge in [-0.05, 0) is 42.0 Å². The van der Waals surface area contributed by atoms with Crippen LogP contribution in [-0.2, 0) is 0 Å². The Morgan fingerprint density at radius 1 is 1.00 bits per heavy atom. The minimum Gasteiger partial charge on any atom is -0.493 e. The van der Waals surface area contributed by atoms with Gasteiger partial charge in [0.1, 0.15) is 23.6 Å². The van der Waals surface area contributed by atoms with Crippen LogP contribution in [0.2, 0.25) is 10.0 Å². The average Bonchev–Trinajstić information content (AvgIpc) is 3.24. The van der Waals surface area contributed by atoms with Crippen LogP contribution in [0.5, 0.6) is 11.6 Å². The van der Waals surface area contributed by atoms with Gasteiger partial charge < -0.3 is 15.6 Å². The van der Waals surface area contributed by atoms with E-state index in [1.54, 1.807) is 42.5 Å². The van der Waals surface area contributed by atoms with Crippen molar-refractivity contribution in [3.05, 3.63) is 98.1 Å². The minimum atomic E-state index is -4.76. The second-order valence-corrected chi connectivity index (χ2v) is 9.19. The topological polar surface area (TPSA) is 110 Å². The molecule has 4 aromatic rings. The van der Waals surface area contributed by atoms with Crippen molar-refractivity contribution in [3.63, 3.8) is 0 Å². The number of aliphatic imine (C=N–C) groups is 2. The van der Waals surface area contributed by atoms with Crippen LogP contribution in [0.1, 0.15) is 11.1 Å². The van der Waals surface area contributed by atoms with Gasteiger partial charge in [0, 0.05) is 5.56 Å². The minimum absolute atomic E-state index is 0.118. The van der Waals surface area contributed by atoms with Gasteiger partial charge in [-0.3, -0.25) is 0 Å². The first kappa shape index (κ1) is 27.9. The molecule has 0 bridgehead atoms. The summed E-state index contributed by atoms with van der Waals surface area (Å²) in [5, 5.41) is 16.7. The van der Waals surface area contributed by atoms with Crippen LogP contribution in [-0.4, -0.2) is 34.5 Å². The molecule has 0 aliphatic heterocycles. The molecule has 0 aliphatic carbocycles. The first-order valence-corrected chi connectivity index (χ1v) is 12.5. The lowest BCUT2D eigenvalue weighted by molar-refractivity contribution is -0.274. The molecular formula is C25H17Cl2F3N6O2S. The zero-order valence-electron chi connectivity index (χ0n) is 19.5. The van der Waals surface area contributed by atoms with Crippen LogP contribution < -0.4 is 15.3 Å². The van der Waals surface area contributed by atoms with E-state index in [1.807, 2.05) is 0 Å². The predicted octanol–water partition coefficient (Wildman–Crippen LogP) is 6.64. The Morgan fingerprint density at radius 2 is 1.67 bits per heavy atom. The van der Waals surface area contributed by atoms with Crippen molar-refractivity contribution in [2.75, 3.05) is 0 Å². The first-order valence-electron chi connectivity index (χ1n) is 10.8. The number of aromatic nitrogens is 1. The van der Waals surface area contributed by atoms with Gasteiger partial charge in [0.25, 0.3) is 0 Å². The molecule has 0 unspecified atom stereocenters. The van der Waals surface area contributed by atoms with E-state index >= 15 is 0 Å². The van der Waals surface area contributed by atoms with Crippen molar-refractivity contribution in [1.29, 1.82) is 0 Å². The number of hydrogen-bond acceptors (Lipinski definition) is 6. The average molecular weight is 593 g/mol. The lowest BCUT2D eigenvalue weighted by atomic mass is 10.1. The second-order valence-electron chi connectivity index (χ2n) is 7.54. The number of nitrogens with zero attached hydrogens (tertiary/aromatic N) is 5. The molecule has 1 aromatic heterocycles. The summed E-state index contributed by atoms with van der Waals surface area (Å²) < 4.78 is 41.8. The van der Waals surface area contributed by atoms with Crippen LogP contribution in [0.15, 0.2) is 92.2 Å². The lowest BCUT2D eigenvalue weighted by Crippen LogP contribution is -2.16. The number of amidine groups is 1. The summed E-state index contributed by atoms with van der Waals surface area (Å²) in [6, 6.07) is 16.9. The number of thiazole rings is 1. The van der Waals surface area contributed by atoms with E-state index in [0.29, 0.717) is 37.3 Å². The van der Waals surface area contributed by atoms with Crippen LogP contribution in [0.4, 0.5) is 24.5 Å². The Hall–Kier alpha value is -4.13. The third-order valence-corrected chi connectivity index (χ3v) is 6.23. The summed E-state index contributed by atoms with van der Waals surface area (Å²) in [7, 11) is 0. The largest absolute Gasteiger partial charge is 0.573 e. The Balaban J connectivity index is 1.45. The lowest BCUT2D eigenvalue weighted by Gasteiger charge is -2.08. The number of para-hydroxylation sites is 1. The van der Waals surface area contributed by atoms with E-state index in [2.05, 4.69) is 24.8 Å². The number of rotatable bonds is 7. The Morgan fingerprint density at radius 3 is 2.31 bits per heavy atom. The highest BCUT2D eigenvalue weighted by Crippen LogP contribution is 2.32. The van der Waals surface area contributed by atoms with Crippen molar-refractivity contribution in [3.8, 4) is 11.6 Å². The van der Waals surface area contributed by atoms with Gasteiger partial charge in [-0.2, -0.15) is 9.78 Å². The summed E-state index contributed by atoms with van der Waals surface area (Å²) in [6.07, 6.45) is -2.05. The summed E-state index contributed by atoms with van der Waals surface area (Å²) in [5.74, 6) is -0.300. The van der Waals surface area contributed by atoms with Gasteiger partial charge in [0.15, 0.2) is 0 Å². The van der Waals surface area contributed by atoms with E-state index in [9.17, 15) is 18.3 Å². The molecule has 14 heteroatoms. The van der Waals surface area contributed by atoms with Crippen molar-refractivity contribution < 1.29 is 23.0 Å². The maximum absolute atomic E-state index is 12.2. The fraction of sp³-hybridized carbons (Fsp3) is 0.0400. The van der Waals surface area contributed by atoms with Gasteiger partial charge in [-0.15, -0.1) is 13.2 Å². The van der Waals surface area contributed by atoms with E-state index in [4.69, 9.17) is 28.9 Å². The fourth-order valence-electron chi connectivity index (χ4n) is 3.01. The van der Waals surface area contributed by atoms with Crippen LogP contribution in [0, 0.1) is 0 Å². The Bertz CT molecular complexity index is 1590. The molecule has 0 spiro atoms. The molecule has 3 aromatic carbocycles. The quantitative estimate of drug-likeness (QED) is 0.185. The maximum Gasteiger partial charge on any atom is 0.573 e. The van der Waals surface area contributed by atoms with Crippen molar-refractivity contribution >= 4 is 64.3 Å². The van der Waals surface area contributed by atoms with Crippen LogP contribution in [0.3, 0.4) is 0 Å². The summed E-state index contributed by atoms with van der Waals surface area (Å²) in [6.45, 7) is 0. The standard InChI is InChI=1S/C25H17Cl2F3N6O2S/c26-19-2-1-3-20(27)22(19)35-24-36(21(37)13-39-24)34-12-15-4-6-16(7-5-15)23(31)33-14-32-17-8-10-18(11-9-17)38-25(28,29)30/h1-14,37H,(H2,31,32,33)/b34-12-,35-24?. The molecule has 3 N–H and O–H groups in total. The van der Waals surface area contributed by atoms with Crippen molar-refractivity contribution in [2.45, 2.75) is 6.36 Å². The van der Waals surface area contributed by atoms with E-state index in [1.165, 1.54) is 34.7 Å². The molecule has 8 nitrogen and oxygen atoms in total. The fourth-order valence-corrected chi connectivity index (χ4v) is 4.18. The number of benzene rings is 3. The third kappa shape index (κ3) is 7.69. The number of alkyl halides is 3. The van der Waals surface area contributed by atoms with Crippen LogP contribution >= 0.6 is 34.5 Å². The molecule has 1 heterocycles. The molecule has 0 atom stereocenters. The predicted molar refractivity (Wildman–Crippen MR) is 147 cm³/mol. The normalized spacial score (nSPS) is 13.1. The molecule has 0 amide bonds. The van der Waals surface area contributed by atoms with Gasteiger partial charge in [0.2, 0.25) is 10.7 Å². The first-order chi connectivity index (χ1) is 18.6. The molecular weight excluding hydrogens is 576 g/mol. The molecule has 0 aliphatic rings. The summed E-state index contributed by atoms with van der Waals surface area (Å²) >= 11 is 13.5. The molecule has 0 saturated heterocycles. The highest BCUT2D eigenvalue weighted by atomic mass is 35.5. The highest BCUT2D eigenvalue weighted by Gasteiger charge is 2.30. The Kier molecular flexibility index (Phi) is 8.69. The number of hydrogen-bond donors (Lipinski definition) is 2. The number of ether oxygens (including phenoxy) is 1. The van der Waals surface area contributed by atoms with Gasteiger partial charge in [-0.1, -0.05) is 64.9 Å². The van der Waals surface area contributed by atoms with Gasteiger partial charge >= 0.3 is 6.36 Å². The maximum atomic E-state index is 12.2. The SMILES string of the molecule is NC(=NC=Nc1ccc(OC(F)(F)F)cc1)c1ccc(/C=N\n2c(O)csc2=Nc2c(Cl)cccc2Cl)cc1. The molecule has 4 rings (SSSR count). The number of aromatic hydroxyl groups is 1. The molecule has 0 saturated carbocycles. The van der Waals surface area contributed by atoms with Gasteiger partial charge in [-0.25, -0.2) is 15.0 Å². The zero-order chi connectivity index (χ0) is 28.0. The Labute approximate surface area is 233 Å². The summed E-state index contributed by atoms with van der Waals surface area (Å²) in [5.41, 5.74) is 8.03. The van der Waals surface area contributed by atoms with Crippen molar-refractivity contribution in [1.82, 2.24) is 4.68 Å². The number of halogens is 5. The third-order valence-electron chi connectivity index (χ3n) is 4.82. The molecule has 0 fully saturated rings. The van der Waals surface area contributed by atoms with Gasteiger partial charge in [0.05, 0.1) is 27.3 Å². The van der Waals surface area contributed by atoms with E-state index in [-0.39, 0.29) is 17.5 Å². The van der Waals surface area contributed by atoms with E-state index in [0.717, 1.165) is 23.5 Å². The van der Waals surface area contributed by atoms with Crippen LogP contribution in [0.25, 0.3) is 0 Å². The highest BCUT2D eigenvalue weighted by molar-refractivity contribution is 7.07. The number of nitrogens with two attached hydrogens (primary N) is 1. The molecule has 0 radical (unpaired) electrons. The van der Waals surface area contributed by atoms with Crippen molar-refractivity contribution in [2.24, 2.45) is 25.8 Å². The second kappa shape index (κ2) is 12.2.